The van der Waals surface area contributed by atoms with Crippen LogP contribution in [0.4, 0.5) is 24.5 Å². The summed E-state index contributed by atoms with van der Waals surface area (Å²) < 4.78 is 40.2. The molecule has 3 fully saturated rings. The monoisotopic (exact) mass is 489 g/mol. The van der Waals surface area contributed by atoms with E-state index >= 15 is 0 Å². The van der Waals surface area contributed by atoms with Gasteiger partial charge in [-0.3, -0.25) is 19.3 Å². The van der Waals surface area contributed by atoms with Gasteiger partial charge in [-0.15, -0.1) is 0 Å². The molecule has 1 spiro atoms. The van der Waals surface area contributed by atoms with Gasteiger partial charge in [0.05, 0.1) is 28.1 Å². The number of alkyl halides is 3. The molecule has 0 aromatic heterocycles. The maximum atomic E-state index is 13.9. The van der Waals surface area contributed by atoms with Gasteiger partial charge in [0.1, 0.15) is 5.54 Å². The molecule has 3 saturated heterocycles. The van der Waals surface area contributed by atoms with Crippen LogP contribution in [-0.4, -0.2) is 35.2 Å². The Hall–Kier alpha value is -2.91. The summed E-state index contributed by atoms with van der Waals surface area (Å²) >= 11 is 6.20. The molecule has 2 aromatic carbocycles. The smallest absolute Gasteiger partial charge is 0.324 e. The summed E-state index contributed by atoms with van der Waals surface area (Å²) in [6.45, 7) is 2.42. The molecular formula is C24H19ClF3N3O3. The summed E-state index contributed by atoms with van der Waals surface area (Å²) in [5.74, 6) is -3.60. The number of carbonyl (C=O) groups excluding carboxylic acids is 3. The first-order valence-corrected chi connectivity index (χ1v) is 11.4. The molecule has 4 aliphatic rings. The van der Waals surface area contributed by atoms with E-state index in [2.05, 4.69) is 5.32 Å². The Bertz CT molecular complexity index is 1300. The summed E-state index contributed by atoms with van der Waals surface area (Å²) in [5.41, 5.74) is -0.594. The number of aryl methyl sites for hydroxylation is 1. The highest BCUT2D eigenvalue weighted by molar-refractivity contribution is 6.36. The number of fused-ring (bicyclic) bond motifs is 7. The lowest BCUT2D eigenvalue weighted by Gasteiger charge is -2.36. The van der Waals surface area contributed by atoms with E-state index < -0.39 is 40.9 Å². The molecule has 1 N–H and O–H groups in total. The first-order valence-electron chi connectivity index (χ1n) is 11.0. The molecule has 10 heteroatoms. The lowest BCUT2D eigenvalue weighted by Crippen LogP contribution is -2.54. The average molecular weight is 490 g/mol. The molecule has 3 amide bonds. The zero-order chi connectivity index (χ0) is 24.2. The molecule has 0 saturated carbocycles. The number of nitrogens with one attached hydrogen (secondary N) is 1. The van der Waals surface area contributed by atoms with Crippen molar-refractivity contribution >= 4 is 40.7 Å². The van der Waals surface area contributed by atoms with Gasteiger partial charge in [0.25, 0.3) is 0 Å². The van der Waals surface area contributed by atoms with Crippen LogP contribution in [0, 0.1) is 18.8 Å². The molecule has 176 valence electrons. The number of anilines is 2. The minimum atomic E-state index is -4.67. The van der Waals surface area contributed by atoms with Crippen molar-refractivity contribution in [3.8, 4) is 0 Å². The van der Waals surface area contributed by atoms with Crippen LogP contribution >= 0.6 is 11.6 Å². The lowest BCUT2D eigenvalue weighted by molar-refractivity contribution is -0.137. The highest BCUT2D eigenvalue weighted by atomic mass is 35.5. The fourth-order valence-electron chi connectivity index (χ4n) is 6.41. The second kappa shape index (κ2) is 6.82. The van der Waals surface area contributed by atoms with E-state index in [4.69, 9.17) is 11.6 Å². The van der Waals surface area contributed by atoms with Crippen LogP contribution in [0.1, 0.15) is 29.5 Å². The van der Waals surface area contributed by atoms with Gasteiger partial charge in [-0.2, -0.15) is 13.2 Å². The van der Waals surface area contributed by atoms with Crippen molar-refractivity contribution in [2.24, 2.45) is 11.8 Å². The standard InChI is InChI=1S/C24H19ClF3N3O3/c1-11-4-7-15-13(9-11)23(22(34)29-15)19-18(16-3-2-8-30(16)23)20(32)31(21(19)33)17-10-12(24(26,27)28)5-6-14(17)25/h4-7,9-10,16,18-19H,2-3,8H2,1H3,(H,29,34)/t16-,18-,19-,23+/m0/s1. The van der Waals surface area contributed by atoms with Crippen LogP contribution in [0.15, 0.2) is 36.4 Å². The Morgan fingerprint density at radius 1 is 1.09 bits per heavy atom. The molecular weight excluding hydrogens is 471 g/mol. The van der Waals surface area contributed by atoms with Gasteiger partial charge in [-0.25, -0.2) is 4.90 Å². The number of carbonyl (C=O) groups is 3. The van der Waals surface area contributed by atoms with Crippen LogP contribution in [0.3, 0.4) is 0 Å². The van der Waals surface area contributed by atoms with Gasteiger partial charge in [0.2, 0.25) is 17.7 Å². The number of benzene rings is 2. The van der Waals surface area contributed by atoms with Gasteiger partial charge in [-0.1, -0.05) is 29.3 Å². The van der Waals surface area contributed by atoms with E-state index in [-0.39, 0.29) is 22.7 Å². The SMILES string of the molecule is Cc1ccc2c(c1)[C@]1(C(=O)N2)[C@@H]2C(=O)N(c3cc(C(F)(F)F)ccc3Cl)C(=O)[C@H]2[C@@H]2CCCN21. The average Bonchev–Trinajstić information content (AvgIpc) is 3.47. The Balaban J connectivity index is 1.54. The van der Waals surface area contributed by atoms with Gasteiger partial charge in [0.15, 0.2) is 0 Å². The predicted octanol–water partition coefficient (Wildman–Crippen LogP) is 4.10. The Labute approximate surface area is 197 Å². The van der Waals surface area contributed by atoms with Crippen molar-refractivity contribution in [2.75, 3.05) is 16.8 Å². The van der Waals surface area contributed by atoms with E-state index in [0.29, 0.717) is 24.2 Å². The fraction of sp³-hybridized carbons (Fsp3) is 0.375. The number of amides is 3. The third-order valence-electron chi connectivity index (χ3n) is 7.66. The molecule has 4 heterocycles. The van der Waals surface area contributed by atoms with Gasteiger partial charge < -0.3 is 5.32 Å². The minimum absolute atomic E-state index is 0.140. The summed E-state index contributed by atoms with van der Waals surface area (Å²) in [7, 11) is 0. The van der Waals surface area contributed by atoms with Crippen molar-refractivity contribution in [3.05, 3.63) is 58.1 Å². The molecule has 6 rings (SSSR count). The van der Waals surface area contributed by atoms with Gasteiger partial charge in [0, 0.05) is 17.3 Å². The topological polar surface area (TPSA) is 69.7 Å². The van der Waals surface area contributed by atoms with Crippen molar-refractivity contribution in [1.29, 1.82) is 0 Å². The van der Waals surface area contributed by atoms with E-state index in [1.807, 2.05) is 24.0 Å². The molecule has 4 atom stereocenters. The molecule has 6 nitrogen and oxygen atoms in total. The Morgan fingerprint density at radius 3 is 2.59 bits per heavy atom. The zero-order valence-electron chi connectivity index (χ0n) is 17.9. The van der Waals surface area contributed by atoms with Crippen LogP contribution in [0.2, 0.25) is 5.02 Å². The van der Waals surface area contributed by atoms with Crippen molar-refractivity contribution in [2.45, 2.75) is 37.5 Å². The summed E-state index contributed by atoms with van der Waals surface area (Å²) in [4.78, 5) is 43.9. The summed E-state index contributed by atoms with van der Waals surface area (Å²) in [6.07, 6.45) is -3.32. The zero-order valence-corrected chi connectivity index (χ0v) is 18.7. The maximum absolute atomic E-state index is 13.9. The van der Waals surface area contributed by atoms with Crippen molar-refractivity contribution in [1.82, 2.24) is 4.90 Å². The Morgan fingerprint density at radius 2 is 1.85 bits per heavy atom. The minimum Gasteiger partial charge on any atom is -0.324 e. The van der Waals surface area contributed by atoms with Gasteiger partial charge >= 0.3 is 6.18 Å². The number of imide groups is 1. The third kappa shape index (κ3) is 2.54. The molecule has 34 heavy (non-hydrogen) atoms. The normalized spacial score (nSPS) is 30.2. The number of nitrogens with zero attached hydrogens (tertiary/aromatic N) is 2. The number of rotatable bonds is 1. The number of halogens is 4. The quantitative estimate of drug-likeness (QED) is 0.612. The molecule has 0 aliphatic carbocycles. The Kier molecular flexibility index (Phi) is 4.34. The van der Waals surface area contributed by atoms with Crippen molar-refractivity contribution in [3.63, 3.8) is 0 Å². The first kappa shape index (κ1) is 21.6. The third-order valence-corrected chi connectivity index (χ3v) is 7.98. The van der Waals surface area contributed by atoms with Crippen LogP contribution in [-0.2, 0) is 26.1 Å². The van der Waals surface area contributed by atoms with Crippen molar-refractivity contribution < 1.29 is 27.6 Å². The predicted molar refractivity (Wildman–Crippen MR) is 117 cm³/mol. The van der Waals surface area contributed by atoms with E-state index in [9.17, 15) is 27.6 Å². The largest absolute Gasteiger partial charge is 0.416 e. The molecule has 0 unspecified atom stereocenters. The fourth-order valence-corrected chi connectivity index (χ4v) is 6.62. The first-order chi connectivity index (χ1) is 16.1. The number of hydrogen-bond acceptors (Lipinski definition) is 4. The van der Waals surface area contributed by atoms with E-state index in [0.717, 1.165) is 35.1 Å². The summed E-state index contributed by atoms with van der Waals surface area (Å²) in [6, 6.07) is 7.68. The highest BCUT2D eigenvalue weighted by Crippen LogP contribution is 2.61. The highest BCUT2D eigenvalue weighted by Gasteiger charge is 2.74. The molecule has 0 bridgehead atoms. The second-order valence-corrected chi connectivity index (χ2v) is 9.76. The second-order valence-electron chi connectivity index (χ2n) is 9.35. The van der Waals surface area contributed by atoms with Crippen LogP contribution < -0.4 is 10.2 Å². The number of hydrogen-bond donors (Lipinski definition) is 1. The van der Waals surface area contributed by atoms with E-state index in [1.165, 1.54) is 0 Å². The molecule has 0 radical (unpaired) electrons. The van der Waals surface area contributed by atoms with Crippen LogP contribution in [0.5, 0.6) is 0 Å². The lowest BCUT2D eigenvalue weighted by atomic mass is 9.75. The van der Waals surface area contributed by atoms with Crippen LogP contribution in [0.25, 0.3) is 0 Å². The molecule has 4 aliphatic heterocycles. The van der Waals surface area contributed by atoms with E-state index in [1.54, 1.807) is 6.07 Å². The molecule has 2 aromatic rings. The van der Waals surface area contributed by atoms with Gasteiger partial charge in [-0.05, 0) is 50.6 Å². The summed E-state index contributed by atoms with van der Waals surface area (Å²) in [5, 5.41) is 2.74. The maximum Gasteiger partial charge on any atom is 0.416 e.